The number of unbranched alkanes of at least 4 members (excludes halogenated alkanes) is 10. The first-order chi connectivity index (χ1) is 10.7. The lowest BCUT2D eigenvalue weighted by atomic mass is 9.77. The second kappa shape index (κ2) is 14.1. The molecule has 0 aliphatic carbocycles. The minimum absolute atomic E-state index is 0.00965. The first-order valence-corrected chi connectivity index (χ1v) is 9.75. The van der Waals surface area contributed by atoms with E-state index in [2.05, 4.69) is 20.8 Å². The van der Waals surface area contributed by atoms with Gasteiger partial charge in [-0.2, -0.15) is 0 Å². The highest BCUT2D eigenvalue weighted by atomic mass is 16.5. The van der Waals surface area contributed by atoms with Gasteiger partial charge in [0.1, 0.15) is 0 Å². The summed E-state index contributed by atoms with van der Waals surface area (Å²) in [6.07, 6.45) is 17.7. The molecule has 0 aliphatic rings. The number of carbonyl (C=O) groups excluding carboxylic acids is 1. The van der Waals surface area contributed by atoms with E-state index < -0.39 is 0 Å². The lowest BCUT2D eigenvalue weighted by Crippen LogP contribution is -2.31. The third-order valence-corrected chi connectivity index (χ3v) is 5.23. The predicted octanol–water partition coefficient (Wildman–Crippen LogP) is 6.67. The van der Waals surface area contributed by atoms with Crippen LogP contribution in [0.1, 0.15) is 111 Å². The molecule has 0 saturated carbocycles. The van der Waals surface area contributed by atoms with E-state index in [1.165, 1.54) is 71.3 Å². The average Bonchev–Trinajstić information content (AvgIpc) is 2.56. The second-order valence-corrected chi connectivity index (χ2v) is 6.76. The van der Waals surface area contributed by atoms with Crippen molar-refractivity contribution in [2.24, 2.45) is 5.41 Å². The molecule has 0 radical (unpaired) electrons. The molecule has 0 N–H and O–H groups in total. The molecule has 0 fully saturated rings. The van der Waals surface area contributed by atoms with Gasteiger partial charge in [0.25, 0.3) is 0 Å². The Morgan fingerprint density at radius 3 is 1.50 bits per heavy atom. The fourth-order valence-corrected chi connectivity index (χ4v) is 3.34. The molecular weight excluding hydrogens is 272 g/mol. The molecular formula is C20H40O2. The Kier molecular flexibility index (Phi) is 13.7. The summed E-state index contributed by atoms with van der Waals surface area (Å²) < 4.78 is 5.01. The van der Waals surface area contributed by atoms with Crippen LogP contribution in [-0.2, 0) is 9.53 Å². The molecule has 0 saturated heterocycles. The Labute approximate surface area is 139 Å². The topological polar surface area (TPSA) is 26.3 Å². The summed E-state index contributed by atoms with van der Waals surface area (Å²) in [6, 6.07) is 0. The molecule has 0 aromatic rings. The summed E-state index contributed by atoms with van der Waals surface area (Å²) in [5.74, 6) is -0.00965. The van der Waals surface area contributed by atoms with Gasteiger partial charge in [0.15, 0.2) is 0 Å². The van der Waals surface area contributed by atoms with E-state index >= 15 is 0 Å². The summed E-state index contributed by atoms with van der Waals surface area (Å²) in [4.78, 5) is 12.0. The van der Waals surface area contributed by atoms with E-state index in [1.807, 2.05) is 0 Å². The fourth-order valence-electron chi connectivity index (χ4n) is 3.34. The van der Waals surface area contributed by atoms with Gasteiger partial charge in [0, 0.05) is 0 Å². The zero-order valence-corrected chi connectivity index (χ0v) is 15.7. The van der Waals surface area contributed by atoms with Crippen molar-refractivity contribution >= 4 is 5.97 Å². The number of hydrogen-bond acceptors (Lipinski definition) is 2. The van der Waals surface area contributed by atoms with Crippen molar-refractivity contribution in [3.05, 3.63) is 0 Å². The number of carbonyl (C=O) groups is 1. The molecule has 0 aromatic heterocycles. The van der Waals surface area contributed by atoms with Crippen molar-refractivity contribution in [2.45, 2.75) is 111 Å². The zero-order chi connectivity index (χ0) is 16.7. The highest BCUT2D eigenvalue weighted by Gasteiger charge is 2.35. The summed E-state index contributed by atoms with van der Waals surface area (Å²) in [5.41, 5.74) is -0.228. The molecule has 0 unspecified atom stereocenters. The van der Waals surface area contributed by atoms with Gasteiger partial charge in [-0.25, -0.2) is 0 Å². The minimum atomic E-state index is -0.228. The quantitative estimate of drug-likeness (QED) is 0.249. The lowest BCUT2D eigenvalue weighted by molar-refractivity contribution is -0.154. The van der Waals surface area contributed by atoms with Crippen LogP contribution >= 0.6 is 0 Å². The van der Waals surface area contributed by atoms with Crippen LogP contribution in [0.5, 0.6) is 0 Å². The first kappa shape index (κ1) is 21.5. The molecule has 0 amide bonds. The normalized spacial score (nSPS) is 11.6. The monoisotopic (exact) mass is 312 g/mol. The van der Waals surface area contributed by atoms with Gasteiger partial charge < -0.3 is 4.74 Å². The molecule has 2 heteroatoms. The Balaban J connectivity index is 3.60. The maximum atomic E-state index is 12.0. The van der Waals surface area contributed by atoms with Crippen molar-refractivity contribution < 1.29 is 9.53 Å². The summed E-state index contributed by atoms with van der Waals surface area (Å²) in [7, 11) is 1.52. The van der Waals surface area contributed by atoms with Gasteiger partial charge in [-0.15, -0.1) is 0 Å². The Bertz CT molecular complexity index is 256. The van der Waals surface area contributed by atoms with Crippen molar-refractivity contribution in [1.82, 2.24) is 0 Å². The van der Waals surface area contributed by atoms with Crippen molar-refractivity contribution in [3.63, 3.8) is 0 Å². The first-order valence-electron chi connectivity index (χ1n) is 9.75. The van der Waals surface area contributed by atoms with Crippen LogP contribution in [0.4, 0.5) is 0 Å². The molecule has 132 valence electrons. The molecule has 0 bridgehead atoms. The van der Waals surface area contributed by atoms with Crippen LogP contribution in [-0.4, -0.2) is 13.1 Å². The van der Waals surface area contributed by atoms with Gasteiger partial charge in [-0.3, -0.25) is 4.79 Å². The standard InChI is InChI=1S/C20H40O2/c1-5-8-9-10-11-12-13-14-15-16-17-18-20(6-2,7-3)19(21)22-4/h5-18H2,1-4H3. The maximum absolute atomic E-state index is 12.0. The van der Waals surface area contributed by atoms with E-state index in [1.54, 1.807) is 0 Å². The van der Waals surface area contributed by atoms with Crippen LogP contribution in [0.3, 0.4) is 0 Å². The van der Waals surface area contributed by atoms with Crippen molar-refractivity contribution in [2.75, 3.05) is 7.11 Å². The van der Waals surface area contributed by atoms with Gasteiger partial charge in [-0.1, -0.05) is 91.4 Å². The van der Waals surface area contributed by atoms with Crippen LogP contribution in [0.2, 0.25) is 0 Å². The van der Waals surface area contributed by atoms with Crippen LogP contribution in [0.15, 0.2) is 0 Å². The second-order valence-electron chi connectivity index (χ2n) is 6.76. The SMILES string of the molecule is CCCCCCCCCCCCCC(CC)(CC)C(=O)OC. The van der Waals surface area contributed by atoms with E-state index in [0.29, 0.717) is 0 Å². The molecule has 0 atom stereocenters. The van der Waals surface area contributed by atoms with Gasteiger partial charge in [-0.05, 0) is 19.3 Å². The number of esters is 1. The summed E-state index contributed by atoms with van der Waals surface area (Å²) in [5, 5.41) is 0. The molecule has 0 heterocycles. The Morgan fingerprint density at radius 2 is 1.14 bits per heavy atom. The third-order valence-electron chi connectivity index (χ3n) is 5.23. The highest BCUT2D eigenvalue weighted by molar-refractivity contribution is 5.76. The Hall–Kier alpha value is -0.530. The third kappa shape index (κ3) is 8.80. The smallest absolute Gasteiger partial charge is 0.311 e. The molecule has 2 nitrogen and oxygen atoms in total. The van der Waals surface area contributed by atoms with Gasteiger partial charge in [0.05, 0.1) is 12.5 Å². The lowest BCUT2D eigenvalue weighted by Gasteiger charge is -2.28. The number of rotatable bonds is 15. The maximum Gasteiger partial charge on any atom is 0.311 e. The largest absolute Gasteiger partial charge is 0.469 e. The van der Waals surface area contributed by atoms with E-state index in [0.717, 1.165) is 25.7 Å². The minimum Gasteiger partial charge on any atom is -0.469 e. The highest BCUT2D eigenvalue weighted by Crippen LogP contribution is 2.34. The molecule has 22 heavy (non-hydrogen) atoms. The molecule has 0 aliphatic heterocycles. The van der Waals surface area contributed by atoms with Crippen LogP contribution in [0, 0.1) is 5.41 Å². The van der Waals surface area contributed by atoms with Crippen LogP contribution in [0.25, 0.3) is 0 Å². The van der Waals surface area contributed by atoms with E-state index in [-0.39, 0.29) is 11.4 Å². The van der Waals surface area contributed by atoms with E-state index in [4.69, 9.17) is 4.74 Å². The van der Waals surface area contributed by atoms with Crippen LogP contribution < -0.4 is 0 Å². The summed E-state index contributed by atoms with van der Waals surface area (Å²) >= 11 is 0. The van der Waals surface area contributed by atoms with Gasteiger partial charge in [0.2, 0.25) is 0 Å². The molecule has 0 spiro atoms. The number of ether oxygens (including phenoxy) is 1. The van der Waals surface area contributed by atoms with Crippen molar-refractivity contribution in [3.8, 4) is 0 Å². The molecule has 0 aromatic carbocycles. The number of methoxy groups -OCH3 is 1. The summed E-state index contributed by atoms with van der Waals surface area (Å²) in [6.45, 7) is 6.49. The van der Waals surface area contributed by atoms with Crippen molar-refractivity contribution in [1.29, 1.82) is 0 Å². The zero-order valence-electron chi connectivity index (χ0n) is 15.7. The van der Waals surface area contributed by atoms with E-state index in [9.17, 15) is 4.79 Å². The number of hydrogen-bond donors (Lipinski definition) is 0. The fraction of sp³-hybridized carbons (Fsp3) is 0.950. The Morgan fingerprint density at radius 1 is 0.727 bits per heavy atom. The predicted molar refractivity (Wildman–Crippen MR) is 96.1 cm³/mol. The molecule has 0 rings (SSSR count). The average molecular weight is 313 g/mol. The van der Waals surface area contributed by atoms with Gasteiger partial charge >= 0.3 is 5.97 Å².